The number of hydrogen-bond acceptors (Lipinski definition) is 20. The molecule has 0 spiro atoms. The standard InChI is InChI=1S/C31H32N4O5S.C27H23N3O5.C4H9NS.CH4/c1-37-27-5-3-4-6-28(27)40-24-9-7-22(8-10-24)34-31-21(17-32)18-33-26-16-30(29(38-2)15-25(26)31)39-20-23(36)19-35-11-13-41-14-12-35;1-31-23-5-3-4-6-24(23)35-19-9-7-18(8-10-19)30-27-17(13-28)14-29-22-12-26(34-16-20-15-33-20)25(32-2)11-21(22)27;1-3-6-4-2-5-1;/h3-10,15-16,18,23,36H,11-14,19-20H2,1-2H3,(H,33,34);3-12,14,20H,15-16H2,1-2H3,(H,29,30);5H,1-4H2;1H4/t23-;20-;;/m00../s1. The number of aromatic nitrogens is 2. The summed E-state index contributed by atoms with van der Waals surface area (Å²) in [5, 5.41) is 41.5. The number of nitriles is 2. The first kappa shape index (κ1) is 60.7. The number of hydrogen-bond donors (Lipinski definition) is 4. The van der Waals surface area contributed by atoms with E-state index in [9.17, 15) is 15.6 Å². The minimum absolute atomic E-state index is 0. The number of thioether (sulfide) groups is 2. The fourth-order valence-electron chi connectivity index (χ4n) is 8.73. The van der Waals surface area contributed by atoms with Crippen molar-refractivity contribution in [3.8, 4) is 69.6 Å². The molecule has 3 aliphatic rings. The van der Waals surface area contributed by atoms with E-state index < -0.39 is 6.10 Å². The van der Waals surface area contributed by atoms with Gasteiger partial charge in [0.2, 0.25) is 0 Å². The number of epoxide rings is 1. The summed E-state index contributed by atoms with van der Waals surface area (Å²) in [6, 6.07) is 41.4. The molecule has 6 aromatic carbocycles. The molecule has 0 unspecified atom stereocenters. The average molecular weight is 1160 g/mol. The Bertz CT molecular complexity index is 3470. The van der Waals surface area contributed by atoms with Crippen LogP contribution in [0.4, 0.5) is 22.7 Å². The first-order valence-corrected chi connectivity index (χ1v) is 28.9. The zero-order valence-electron chi connectivity index (χ0n) is 46.0. The Labute approximate surface area is 492 Å². The lowest BCUT2D eigenvalue weighted by molar-refractivity contribution is 0.0705. The fourth-order valence-corrected chi connectivity index (χ4v) is 10.5. The van der Waals surface area contributed by atoms with Gasteiger partial charge < -0.3 is 63.7 Å². The average Bonchev–Trinajstić information content (AvgIpc) is 4.53. The van der Waals surface area contributed by atoms with E-state index in [4.69, 9.17) is 42.6 Å². The Morgan fingerprint density at radius 3 is 1.47 bits per heavy atom. The van der Waals surface area contributed by atoms with E-state index in [1.165, 1.54) is 30.8 Å². The molecule has 5 heterocycles. The maximum atomic E-state index is 10.6. The fraction of sp³-hybridized carbons (Fsp3) is 0.302. The number of aliphatic hydroxyl groups is 1. The first-order chi connectivity index (χ1) is 40.2. The highest BCUT2D eigenvalue weighted by Gasteiger charge is 2.25. The number of β-amino-alcohol motifs (C(OH)–C–C–N with tert-alkyl or cyclic N) is 1. The molecule has 18 nitrogen and oxygen atoms in total. The van der Waals surface area contributed by atoms with Crippen molar-refractivity contribution in [2.45, 2.75) is 19.6 Å². The van der Waals surface area contributed by atoms with Crippen LogP contribution in [0.2, 0.25) is 0 Å². The van der Waals surface area contributed by atoms with Crippen molar-refractivity contribution in [1.29, 1.82) is 10.5 Å². The van der Waals surface area contributed by atoms with E-state index in [-0.39, 0.29) is 20.1 Å². The quantitative estimate of drug-likeness (QED) is 0.0521. The third-order valence-corrected chi connectivity index (χ3v) is 15.0. The number of nitrogens with one attached hydrogen (secondary N) is 3. The molecule has 2 aromatic heterocycles. The third kappa shape index (κ3) is 16.7. The molecular formula is C63H68N8O10S2. The van der Waals surface area contributed by atoms with Gasteiger partial charge in [-0.3, -0.25) is 14.9 Å². The zero-order valence-corrected chi connectivity index (χ0v) is 47.6. The van der Waals surface area contributed by atoms with E-state index >= 15 is 0 Å². The Hall–Kier alpha value is -8.34. The summed E-state index contributed by atoms with van der Waals surface area (Å²) in [5.41, 5.74) is 4.88. The summed E-state index contributed by atoms with van der Waals surface area (Å²) < 4.78 is 50.9. The van der Waals surface area contributed by atoms with Gasteiger partial charge in [0, 0.05) is 102 Å². The van der Waals surface area contributed by atoms with E-state index in [0.717, 1.165) is 41.4 Å². The normalized spacial score (nSPS) is 14.7. The third-order valence-electron chi connectivity index (χ3n) is 13.1. The lowest BCUT2D eigenvalue weighted by Gasteiger charge is -2.28. The predicted molar refractivity (Wildman–Crippen MR) is 329 cm³/mol. The van der Waals surface area contributed by atoms with Crippen LogP contribution in [0.1, 0.15) is 18.6 Å². The van der Waals surface area contributed by atoms with Crippen molar-refractivity contribution < 1.29 is 47.7 Å². The summed E-state index contributed by atoms with van der Waals surface area (Å²) >= 11 is 3.97. The van der Waals surface area contributed by atoms with Gasteiger partial charge >= 0.3 is 0 Å². The van der Waals surface area contributed by atoms with Gasteiger partial charge in [-0.05, 0) is 84.9 Å². The lowest BCUT2D eigenvalue weighted by Crippen LogP contribution is -2.40. The largest absolute Gasteiger partial charge is 0.493 e. The van der Waals surface area contributed by atoms with E-state index in [0.29, 0.717) is 116 Å². The van der Waals surface area contributed by atoms with Gasteiger partial charge in [0.25, 0.3) is 0 Å². The summed E-state index contributed by atoms with van der Waals surface area (Å²) in [6.45, 7) is 6.23. The number of rotatable bonds is 20. The molecule has 83 heavy (non-hydrogen) atoms. The van der Waals surface area contributed by atoms with Crippen molar-refractivity contribution in [3.05, 3.63) is 145 Å². The molecule has 3 fully saturated rings. The van der Waals surface area contributed by atoms with Crippen LogP contribution >= 0.6 is 23.5 Å². The lowest BCUT2D eigenvalue weighted by atomic mass is 10.1. The monoisotopic (exact) mass is 1160 g/mol. The Morgan fingerprint density at radius 1 is 0.614 bits per heavy atom. The highest BCUT2D eigenvalue weighted by Crippen LogP contribution is 2.40. The first-order valence-electron chi connectivity index (χ1n) is 26.6. The van der Waals surface area contributed by atoms with Gasteiger partial charge in [0.05, 0.1) is 68.6 Å². The maximum Gasteiger partial charge on any atom is 0.169 e. The van der Waals surface area contributed by atoms with E-state index in [1.54, 1.807) is 46.8 Å². The molecule has 0 aliphatic carbocycles. The van der Waals surface area contributed by atoms with Crippen LogP contribution < -0.4 is 53.8 Å². The number of fused-ring (bicyclic) bond motifs is 2. The summed E-state index contributed by atoms with van der Waals surface area (Å²) in [5.74, 6) is 10.7. The predicted octanol–water partition coefficient (Wildman–Crippen LogP) is 11.8. The van der Waals surface area contributed by atoms with Crippen LogP contribution in [0.25, 0.3) is 21.8 Å². The number of ether oxygens (including phenoxy) is 9. The van der Waals surface area contributed by atoms with Crippen molar-refractivity contribution in [1.82, 2.24) is 20.2 Å². The van der Waals surface area contributed by atoms with Crippen LogP contribution in [0.5, 0.6) is 57.5 Å². The second-order valence-electron chi connectivity index (χ2n) is 18.7. The molecule has 11 rings (SSSR count). The SMILES string of the molecule is C.C1CSCCN1.COc1cc2c(Nc3ccc(Oc4ccccc4OC)cc3)c(C#N)cnc2cc1OC[C@@H](O)CN1CCSCC1.COc1cc2c(Nc3ccc(Oc4ccccc4OC)cc3)c(C#N)cnc2cc1OC[C@@H]1CO1. The van der Waals surface area contributed by atoms with Crippen LogP contribution in [-0.4, -0.2) is 136 Å². The summed E-state index contributed by atoms with van der Waals surface area (Å²) in [4.78, 5) is 11.2. The molecule has 0 bridgehead atoms. The number of para-hydroxylation sites is 4. The number of methoxy groups -OCH3 is 4. The molecule has 0 saturated carbocycles. The number of anilines is 4. The zero-order chi connectivity index (χ0) is 57.0. The minimum Gasteiger partial charge on any atom is -0.493 e. The van der Waals surface area contributed by atoms with Crippen LogP contribution in [0.3, 0.4) is 0 Å². The Kier molecular flexibility index (Phi) is 22.4. The molecule has 3 saturated heterocycles. The molecule has 432 valence electrons. The van der Waals surface area contributed by atoms with Gasteiger partial charge in [-0.2, -0.15) is 34.0 Å². The van der Waals surface area contributed by atoms with Crippen LogP contribution in [-0.2, 0) is 4.74 Å². The van der Waals surface area contributed by atoms with Crippen molar-refractivity contribution in [3.63, 3.8) is 0 Å². The van der Waals surface area contributed by atoms with E-state index in [2.05, 4.69) is 43.0 Å². The highest BCUT2D eigenvalue weighted by molar-refractivity contribution is 7.99. The minimum atomic E-state index is -0.625. The molecule has 0 amide bonds. The van der Waals surface area contributed by atoms with Crippen molar-refractivity contribution in [2.24, 2.45) is 0 Å². The topological polar surface area (TPSA) is 219 Å². The van der Waals surface area contributed by atoms with Crippen molar-refractivity contribution in [2.75, 3.05) is 115 Å². The number of benzene rings is 6. The molecule has 3 aliphatic heterocycles. The summed E-state index contributed by atoms with van der Waals surface area (Å²) in [6.07, 6.45) is 2.57. The highest BCUT2D eigenvalue weighted by atomic mass is 32.2. The van der Waals surface area contributed by atoms with Crippen molar-refractivity contribution >= 4 is 68.1 Å². The Morgan fingerprint density at radius 2 is 1.06 bits per heavy atom. The molecule has 0 radical (unpaired) electrons. The van der Waals surface area contributed by atoms with Gasteiger partial charge in [-0.25, -0.2) is 0 Å². The second kappa shape index (κ2) is 30.6. The number of aliphatic hydroxyl groups excluding tert-OH is 1. The smallest absolute Gasteiger partial charge is 0.169 e. The maximum absolute atomic E-state index is 10.6. The van der Waals surface area contributed by atoms with Crippen LogP contribution in [0, 0.1) is 22.7 Å². The van der Waals surface area contributed by atoms with Gasteiger partial charge in [0.15, 0.2) is 46.0 Å². The number of pyridine rings is 2. The number of nitrogens with zero attached hydrogens (tertiary/aromatic N) is 5. The van der Waals surface area contributed by atoms with Gasteiger partial charge in [0.1, 0.15) is 49.1 Å². The van der Waals surface area contributed by atoms with Gasteiger partial charge in [-0.15, -0.1) is 0 Å². The second-order valence-corrected chi connectivity index (χ2v) is 21.1. The summed E-state index contributed by atoms with van der Waals surface area (Å²) in [7, 11) is 6.35. The molecule has 2 atom stereocenters. The Balaban J connectivity index is 0.000000196. The van der Waals surface area contributed by atoms with Crippen LogP contribution in [0.15, 0.2) is 134 Å². The molecule has 20 heteroatoms. The molecule has 4 N–H and O–H groups in total. The molecule has 8 aromatic rings. The van der Waals surface area contributed by atoms with Gasteiger partial charge in [-0.1, -0.05) is 31.7 Å². The molecular weight excluding hydrogens is 1090 g/mol. The van der Waals surface area contributed by atoms with E-state index in [1.807, 2.05) is 133 Å².